The summed E-state index contributed by atoms with van der Waals surface area (Å²) in [5, 5.41) is 3.48. The minimum Gasteiger partial charge on any atom is -0.324 e. The van der Waals surface area contributed by atoms with Crippen molar-refractivity contribution in [1.82, 2.24) is 13.9 Å². The van der Waals surface area contributed by atoms with E-state index in [-0.39, 0.29) is 17.0 Å². The monoisotopic (exact) mass is 460 g/mol. The number of hydrogen-bond donors (Lipinski definition) is 1. The van der Waals surface area contributed by atoms with Crippen LogP contribution < -0.4 is 10.9 Å². The summed E-state index contributed by atoms with van der Waals surface area (Å²) in [6, 6.07) is 10.9. The van der Waals surface area contributed by atoms with Crippen LogP contribution in [0, 0.1) is 0 Å². The van der Waals surface area contributed by atoms with Gasteiger partial charge in [0.25, 0.3) is 5.56 Å². The second-order valence-corrected chi connectivity index (χ2v) is 9.75. The normalized spacial score (nSPS) is 15.1. The first-order chi connectivity index (χ1) is 14.8. The SMILES string of the molecule is O=C(Cn1cnc2cc(Cl)ccc2c1=O)Nc1cccc(S(=O)(=O)N2CCCCC2)c1. The summed E-state index contributed by atoms with van der Waals surface area (Å²) in [5.74, 6) is -0.468. The molecule has 0 bridgehead atoms. The molecule has 1 aliphatic heterocycles. The van der Waals surface area contributed by atoms with Crippen LogP contribution in [-0.2, 0) is 21.4 Å². The van der Waals surface area contributed by atoms with Gasteiger partial charge in [-0.15, -0.1) is 0 Å². The van der Waals surface area contributed by atoms with Crippen molar-refractivity contribution in [1.29, 1.82) is 0 Å². The maximum atomic E-state index is 12.9. The highest BCUT2D eigenvalue weighted by Crippen LogP contribution is 2.23. The summed E-state index contributed by atoms with van der Waals surface area (Å²) >= 11 is 5.92. The fourth-order valence-electron chi connectivity index (χ4n) is 3.59. The Morgan fingerprint density at radius 3 is 2.65 bits per heavy atom. The molecular formula is C21H21ClN4O4S. The van der Waals surface area contributed by atoms with Gasteiger partial charge >= 0.3 is 0 Å². The lowest BCUT2D eigenvalue weighted by atomic mass is 10.2. The van der Waals surface area contributed by atoms with Crippen LogP contribution in [0.25, 0.3) is 10.9 Å². The van der Waals surface area contributed by atoms with Gasteiger partial charge in [-0.2, -0.15) is 4.31 Å². The van der Waals surface area contributed by atoms with Crippen LogP contribution >= 0.6 is 11.6 Å². The fourth-order valence-corrected chi connectivity index (χ4v) is 5.32. The minimum absolute atomic E-state index is 0.133. The Labute approximate surface area is 184 Å². The van der Waals surface area contributed by atoms with Gasteiger partial charge in [0.05, 0.1) is 22.1 Å². The van der Waals surface area contributed by atoms with E-state index in [0.717, 1.165) is 19.3 Å². The van der Waals surface area contributed by atoms with Gasteiger partial charge in [-0.05, 0) is 49.2 Å². The van der Waals surface area contributed by atoms with Gasteiger partial charge in [0.1, 0.15) is 6.54 Å². The molecule has 31 heavy (non-hydrogen) atoms. The molecule has 162 valence electrons. The number of hydrogen-bond acceptors (Lipinski definition) is 5. The number of sulfonamides is 1. The predicted octanol–water partition coefficient (Wildman–Crippen LogP) is 2.86. The maximum Gasteiger partial charge on any atom is 0.261 e. The smallest absolute Gasteiger partial charge is 0.261 e. The molecule has 8 nitrogen and oxygen atoms in total. The van der Waals surface area contributed by atoms with Crippen LogP contribution in [-0.4, -0.2) is 41.3 Å². The van der Waals surface area contributed by atoms with Crippen LogP contribution in [0.15, 0.2) is 58.5 Å². The zero-order valence-corrected chi connectivity index (χ0v) is 18.2. The highest BCUT2D eigenvalue weighted by Gasteiger charge is 2.26. The minimum atomic E-state index is -3.61. The molecule has 3 aromatic rings. The van der Waals surface area contributed by atoms with Gasteiger partial charge in [-0.1, -0.05) is 24.1 Å². The lowest BCUT2D eigenvalue weighted by Gasteiger charge is -2.26. The summed E-state index contributed by atoms with van der Waals surface area (Å²) in [7, 11) is -3.61. The lowest BCUT2D eigenvalue weighted by molar-refractivity contribution is -0.116. The number of nitrogens with zero attached hydrogens (tertiary/aromatic N) is 3. The standard InChI is InChI=1S/C21H21ClN4O4S/c22-15-7-8-18-19(11-15)23-14-25(21(18)28)13-20(27)24-16-5-4-6-17(12-16)31(29,30)26-9-2-1-3-10-26/h4-8,11-12,14H,1-3,9-10,13H2,(H,24,27). The average Bonchev–Trinajstić information content (AvgIpc) is 2.76. The van der Waals surface area contributed by atoms with Crippen molar-refractivity contribution in [3.8, 4) is 0 Å². The molecule has 4 rings (SSSR count). The van der Waals surface area contributed by atoms with Crippen molar-refractivity contribution in [2.75, 3.05) is 18.4 Å². The number of carbonyl (C=O) groups is 1. The Morgan fingerprint density at radius 1 is 1.10 bits per heavy atom. The summed E-state index contributed by atoms with van der Waals surface area (Å²) in [5.41, 5.74) is 0.430. The van der Waals surface area contributed by atoms with Gasteiger partial charge < -0.3 is 5.32 Å². The van der Waals surface area contributed by atoms with Crippen LogP contribution in [0.1, 0.15) is 19.3 Å². The zero-order valence-electron chi connectivity index (χ0n) is 16.6. The van der Waals surface area contributed by atoms with Crippen LogP contribution in [0.4, 0.5) is 5.69 Å². The van der Waals surface area contributed by atoms with E-state index < -0.39 is 15.9 Å². The molecule has 1 saturated heterocycles. The second kappa shape index (κ2) is 8.78. The topological polar surface area (TPSA) is 101 Å². The molecule has 1 N–H and O–H groups in total. The number of rotatable bonds is 5. The lowest BCUT2D eigenvalue weighted by Crippen LogP contribution is -2.35. The Bertz CT molecular complexity index is 1300. The first kappa shape index (κ1) is 21.5. The number of halogens is 1. The zero-order chi connectivity index (χ0) is 22.0. The van der Waals surface area contributed by atoms with Crippen LogP contribution in [0.2, 0.25) is 5.02 Å². The molecule has 1 aliphatic rings. The van der Waals surface area contributed by atoms with Gasteiger partial charge in [-0.25, -0.2) is 13.4 Å². The molecule has 0 aliphatic carbocycles. The van der Waals surface area contributed by atoms with Crippen molar-refractivity contribution in [3.05, 3.63) is 64.2 Å². The van der Waals surface area contributed by atoms with Crippen molar-refractivity contribution < 1.29 is 13.2 Å². The van der Waals surface area contributed by atoms with E-state index in [4.69, 9.17) is 11.6 Å². The van der Waals surface area contributed by atoms with E-state index in [1.54, 1.807) is 30.3 Å². The van der Waals surface area contributed by atoms with Crippen molar-refractivity contribution in [2.45, 2.75) is 30.7 Å². The number of benzene rings is 2. The van der Waals surface area contributed by atoms with Crippen molar-refractivity contribution in [3.63, 3.8) is 0 Å². The van der Waals surface area contributed by atoms with E-state index in [0.29, 0.717) is 34.7 Å². The second-order valence-electron chi connectivity index (χ2n) is 7.38. The third kappa shape index (κ3) is 4.63. The van der Waals surface area contributed by atoms with Gasteiger partial charge in [0.2, 0.25) is 15.9 Å². The molecule has 0 unspecified atom stereocenters. The molecule has 0 radical (unpaired) electrons. The van der Waals surface area contributed by atoms with Crippen LogP contribution in [0.5, 0.6) is 0 Å². The summed E-state index contributed by atoms with van der Waals surface area (Å²) in [6.07, 6.45) is 4.00. The molecule has 1 aromatic heterocycles. The predicted molar refractivity (Wildman–Crippen MR) is 119 cm³/mol. The molecule has 1 amide bonds. The third-order valence-corrected chi connectivity index (χ3v) is 7.30. The number of carbonyl (C=O) groups excluding carboxylic acids is 1. The Kier molecular flexibility index (Phi) is 6.08. The Hall–Kier alpha value is -2.75. The number of anilines is 1. The molecule has 10 heteroatoms. The fraction of sp³-hybridized carbons (Fsp3) is 0.286. The van der Waals surface area contributed by atoms with Crippen molar-refractivity contribution in [2.24, 2.45) is 0 Å². The largest absolute Gasteiger partial charge is 0.324 e. The number of fused-ring (bicyclic) bond motifs is 1. The van der Waals surface area contributed by atoms with E-state index in [9.17, 15) is 18.0 Å². The van der Waals surface area contributed by atoms with E-state index in [1.165, 1.54) is 27.3 Å². The van der Waals surface area contributed by atoms with Gasteiger partial charge in [0.15, 0.2) is 0 Å². The van der Waals surface area contributed by atoms with E-state index in [1.807, 2.05) is 0 Å². The summed E-state index contributed by atoms with van der Waals surface area (Å²) < 4.78 is 28.4. The number of amides is 1. The molecule has 2 aromatic carbocycles. The molecule has 1 fully saturated rings. The summed E-state index contributed by atoms with van der Waals surface area (Å²) in [6.45, 7) is 0.748. The van der Waals surface area contributed by atoms with Crippen LogP contribution in [0.3, 0.4) is 0 Å². The number of piperidine rings is 1. The molecule has 2 heterocycles. The first-order valence-electron chi connectivity index (χ1n) is 9.89. The van der Waals surface area contributed by atoms with E-state index in [2.05, 4.69) is 10.3 Å². The molecular weight excluding hydrogens is 440 g/mol. The van der Waals surface area contributed by atoms with Gasteiger partial charge in [0, 0.05) is 23.8 Å². The Balaban J connectivity index is 1.51. The summed E-state index contributed by atoms with van der Waals surface area (Å²) in [4.78, 5) is 29.4. The third-order valence-electron chi connectivity index (χ3n) is 5.17. The molecule has 0 saturated carbocycles. The molecule has 0 atom stereocenters. The average molecular weight is 461 g/mol. The highest BCUT2D eigenvalue weighted by molar-refractivity contribution is 7.89. The number of nitrogens with one attached hydrogen (secondary N) is 1. The first-order valence-corrected chi connectivity index (χ1v) is 11.7. The maximum absolute atomic E-state index is 12.9. The van der Waals surface area contributed by atoms with E-state index >= 15 is 0 Å². The van der Waals surface area contributed by atoms with Gasteiger partial charge in [-0.3, -0.25) is 14.2 Å². The quantitative estimate of drug-likeness (QED) is 0.630. The highest BCUT2D eigenvalue weighted by atomic mass is 35.5. The Morgan fingerprint density at radius 2 is 1.87 bits per heavy atom. The van der Waals surface area contributed by atoms with Crippen molar-refractivity contribution >= 4 is 44.1 Å². The number of aromatic nitrogens is 2. The molecule has 0 spiro atoms.